The van der Waals surface area contributed by atoms with E-state index in [2.05, 4.69) is 5.32 Å². The van der Waals surface area contributed by atoms with E-state index in [1.165, 1.54) is 0 Å². The summed E-state index contributed by atoms with van der Waals surface area (Å²) in [5, 5.41) is 13.4. The average Bonchev–Trinajstić information content (AvgIpc) is 2.41. The molecule has 2 unspecified atom stereocenters. The molecule has 5 heteroatoms. The number of hydrogen-bond donors (Lipinski definition) is 2. The Balaban J connectivity index is 2.28. The van der Waals surface area contributed by atoms with Gasteiger partial charge in [0, 0.05) is 17.8 Å². The van der Waals surface area contributed by atoms with Gasteiger partial charge in [0.05, 0.1) is 6.10 Å². The molecule has 0 bridgehead atoms. The molecule has 0 spiro atoms. The van der Waals surface area contributed by atoms with Gasteiger partial charge in [-0.05, 0) is 37.1 Å². The number of carboxylic acids is 1. The van der Waals surface area contributed by atoms with Crippen molar-refractivity contribution in [2.24, 2.45) is 0 Å². The second-order valence-electron chi connectivity index (χ2n) is 4.88. The molecule has 0 aliphatic heterocycles. The molecule has 2 atom stereocenters. The van der Waals surface area contributed by atoms with Gasteiger partial charge in [0.2, 0.25) is 0 Å². The lowest BCUT2D eigenvalue weighted by molar-refractivity contribution is -0.149. The first kappa shape index (κ1) is 14.2. The molecule has 19 heavy (non-hydrogen) atoms. The number of rotatable bonds is 4. The van der Waals surface area contributed by atoms with Crippen LogP contribution in [0.1, 0.15) is 25.7 Å². The summed E-state index contributed by atoms with van der Waals surface area (Å²) in [5.74, 6) is -0.867. The Morgan fingerprint density at radius 2 is 2.11 bits per heavy atom. The largest absolute Gasteiger partial charge is 0.479 e. The second kappa shape index (κ2) is 5.80. The standard InChI is InChI=1S/C14H18ClNO3/c1-19-12-4-2-3-9-14(12,13(17)18)16-11-7-5-10(15)6-8-11/h5-8,12,16H,2-4,9H2,1H3,(H,17,18). The Labute approximate surface area is 117 Å². The zero-order chi connectivity index (χ0) is 13.9. The fraction of sp³-hybridized carbons (Fsp3) is 0.500. The predicted molar refractivity (Wildman–Crippen MR) is 74.7 cm³/mol. The molecule has 0 saturated heterocycles. The van der Waals surface area contributed by atoms with E-state index in [1.807, 2.05) is 0 Å². The summed E-state index contributed by atoms with van der Waals surface area (Å²) < 4.78 is 5.39. The van der Waals surface area contributed by atoms with Crippen LogP contribution in [0.4, 0.5) is 5.69 Å². The highest BCUT2D eigenvalue weighted by molar-refractivity contribution is 6.30. The number of methoxy groups -OCH3 is 1. The maximum atomic E-state index is 11.7. The van der Waals surface area contributed by atoms with Crippen molar-refractivity contribution in [2.75, 3.05) is 12.4 Å². The molecular formula is C14H18ClNO3. The molecule has 0 aromatic heterocycles. The van der Waals surface area contributed by atoms with Gasteiger partial charge in [-0.15, -0.1) is 0 Å². The Kier molecular flexibility index (Phi) is 4.32. The molecule has 0 amide bonds. The van der Waals surface area contributed by atoms with Crippen LogP contribution in [0.5, 0.6) is 0 Å². The first-order valence-electron chi connectivity index (χ1n) is 6.38. The van der Waals surface area contributed by atoms with Gasteiger partial charge in [0.15, 0.2) is 5.54 Å². The van der Waals surface area contributed by atoms with Gasteiger partial charge in [-0.3, -0.25) is 0 Å². The Bertz CT molecular complexity index is 449. The van der Waals surface area contributed by atoms with Crippen LogP contribution in [-0.4, -0.2) is 29.8 Å². The molecule has 0 heterocycles. The van der Waals surface area contributed by atoms with E-state index in [0.29, 0.717) is 11.4 Å². The fourth-order valence-corrected chi connectivity index (χ4v) is 2.82. The number of aliphatic carboxylic acids is 1. The predicted octanol–water partition coefficient (Wildman–Crippen LogP) is 3.16. The molecule has 1 aliphatic rings. The van der Waals surface area contributed by atoms with Crippen molar-refractivity contribution in [3.05, 3.63) is 29.3 Å². The minimum atomic E-state index is -1.05. The smallest absolute Gasteiger partial charge is 0.332 e. The van der Waals surface area contributed by atoms with Crippen LogP contribution in [0, 0.1) is 0 Å². The van der Waals surface area contributed by atoms with Crippen LogP contribution >= 0.6 is 11.6 Å². The zero-order valence-corrected chi connectivity index (χ0v) is 11.6. The third-order valence-corrected chi connectivity index (χ3v) is 3.97. The molecule has 4 nitrogen and oxygen atoms in total. The lowest BCUT2D eigenvalue weighted by Crippen LogP contribution is -2.58. The Morgan fingerprint density at radius 3 is 2.68 bits per heavy atom. The molecule has 1 saturated carbocycles. The monoisotopic (exact) mass is 283 g/mol. The molecule has 1 aromatic rings. The van der Waals surface area contributed by atoms with E-state index in [9.17, 15) is 9.90 Å². The third-order valence-electron chi connectivity index (χ3n) is 3.71. The number of carboxylic acid groups (broad SMARTS) is 1. The van der Waals surface area contributed by atoms with E-state index in [-0.39, 0.29) is 6.10 Å². The molecule has 1 fully saturated rings. The normalized spacial score (nSPS) is 26.9. The summed E-state index contributed by atoms with van der Waals surface area (Å²) in [6.07, 6.45) is 2.87. The van der Waals surface area contributed by atoms with Gasteiger partial charge in [0.25, 0.3) is 0 Å². The molecule has 1 aliphatic carbocycles. The van der Waals surface area contributed by atoms with Crippen molar-refractivity contribution in [3.8, 4) is 0 Å². The maximum absolute atomic E-state index is 11.7. The first-order valence-corrected chi connectivity index (χ1v) is 6.76. The Morgan fingerprint density at radius 1 is 1.42 bits per heavy atom. The van der Waals surface area contributed by atoms with Crippen LogP contribution < -0.4 is 5.32 Å². The number of anilines is 1. The third kappa shape index (κ3) is 2.85. The summed E-state index contributed by atoms with van der Waals surface area (Å²) in [6, 6.07) is 7.05. The van der Waals surface area contributed by atoms with Gasteiger partial charge < -0.3 is 15.2 Å². The summed E-state index contributed by atoms with van der Waals surface area (Å²) in [6.45, 7) is 0. The minimum absolute atomic E-state index is 0.325. The van der Waals surface area contributed by atoms with Crippen molar-refractivity contribution in [1.29, 1.82) is 0 Å². The highest BCUT2D eigenvalue weighted by Gasteiger charge is 2.48. The van der Waals surface area contributed by atoms with Crippen molar-refractivity contribution in [2.45, 2.75) is 37.3 Å². The zero-order valence-electron chi connectivity index (χ0n) is 10.9. The molecule has 2 N–H and O–H groups in total. The topological polar surface area (TPSA) is 58.6 Å². The van der Waals surface area contributed by atoms with E-state index < -0.39 is 11.5 Å². The van der Waals surface area contributed by atoms with Gasteiger partial charge in [-0.1, -0.05) is 24.4 Å². The van der Waals surface area contributed by atoms with E-state index >= 15 is 0 Å². The van der Waals surface area contributed by atoms with Gasteiger partial charge >= 0.3 is 5.97 Å². The number of nitrogens with one attached hydrogen (secondary N) is 1. The average molecular weight is 284 g/mol. The lowest BCUT2D eigenvalue weighted by atomic mass is 9.78. The van der Waals surface area contributed by atoms with Crippen molar-refractivity contribution < 1.29 is 14.6 Å². The van der Waals surface area contributed by atoms with Crippen molar-refractivity contribution in [3.63, 3.8) is 0 Å². The van der Waals surface area contributed by atoms with E-state index in [4.69, 9.17) is 16.3 Å². The minimum Gasteiger partial charge on any atom is -0.479 e. The van der Waals surface area contributed by atoms with Crippen LogP contribution in [0.25, 0.3) is 0 Å². The number of halogens is 1. The van der Waals surface area contributed by atoms with Crippen LogP contribution in [0.15, 0.2) is 24.3 Å². The van der Waals surface area contributed by atoms with Crippen LogP contribution in [-0.2, 0) is 9.53 Å². The van der Waals surface area contributed by atoms with E-state index in [1.54, 1.807) is 31.4 Å². The van der Waals surface area contributed by atoms with Gasteiger partial charge in [-0.2, -0.15) is 0 Å². The lowest BCUT2D eigenvalue weighted by Gasteiger charge is -2.41. The summed E-state index contributed by atoms with van der Waals surface area (Å²) in [4.78, 5) is 11.7. The van der Waals surface area contributed by atoms with Gasteiger partial charge in [0.1, 0.15) is 0 Å². The second-order valence-corrected chi connectivity index (χ2v) is 5.31. The van der Waals surface area contributed by atoms with Crippen LogP contribution in [0.3, 0.4) is 0 Å². The van der Waals surface area contributed by atoms with E-state index in [0.717, 1.165) is 24.9 Å². The molecule has 104 valence electrons. The fourth-order valence-electron chi connectivity index (χ4n) is 2.69. The maximum Gasteiger partial charge on any atom is 0.332 e. The molecule has 0 radical (unpaired) electrons. The number of carbonyl (C=O) groups is 1. The quantitative estimate of drug-likeness (QED) is 0.891. The molecule has 1 aromatic carbocycles. The number of hydrogen-bond acceptors (Lipinski definition) is 3. The first-order chi connectivity index (χ1) is 9.08. The highest BCUT2D eigenvalue weighted by Crippen LogP contribution is 2.34. The summed E-state index contributed by atoms with van der Waals surface area (Å²) in [7, 11) is 1.57. The number of benzene rings is 1. The van der Waals surface area contributed by atoms with Gasteiger partial charge in [-0.25, -0.2) is 4.79 Å². The summed E-state index contributed by atoms with van der Waals surface area (Å²) >= 11 is 5.84. The Hall–Kier alpha value is -1.26. The SMILES string of the molecule is COC1CCCCC1(Nc1ccc(Cl)cc1)C(=O)O. The van der Waals surface area contributed by atoms with Crippen LogP contribution in [0.2, 0.25) is 5.02 Å². The van der Waals surface area contributed by atoms with Crippen molar-refractivity contribution >= 4 is 23.3 Å². The molecular weight excluding hydrogens is 266 g/mol. The summed E-state index contributed by atoms with van der Waals surface area (Å²) in [5.41, 5.74) is -0.309. The number of ether oxygens (including phenoxy) is 1. The highest BCUT2D eigenvalue weighted by atomic mass is 35.5. The van der Waals surface area contributed by atoms with Crippen molar-refractivity contribution in [1.82, 2.24) is 0 Å². The molecule has 2 rings (SSSR count).